The Kier molecular flexibility index (Phi) is 4.53. The molecule has 1 N–H and O–H groups in total. The number of aromatic amines is 1. The highest BCUT2D eigenvalue weighted by Gasteiger charge is 2.15. The Labute approximate surface area is 139 Å². The van der Waals surface area contributed by atoms with Crippen molar-refractivity contribution in [2.45, 2.75) is 6.92 Å². The van der Waals surface area contributed by atoms with Crippen molar-refractivity contribution in [2.24, 2.45) is 0 Å². The lowest BCUT2D eigenvalue weighted by Crippen LogP contribution is -2.00. The van der Waals surface area contributed by atoms with Crippen LogP contribution in [0.1, 0.15) is 6.92 Å². The average molecular weight is 329 g/mol. The van der Waals surface area contributed by atoms with Crippen LogP contribution in [-0.2, 0) is 0 Å². The van der Waals surface area contributed by atoms with Gasteiger partial charge in [0.25, 0.3) is 0 Å². The number of rotatable bonds is 6. The zero-order valence-electron chi connectivity index (χ0n) is 12.8. The predicted octanol–water partition coefficient (Wildman–Crippen LogP) is 4.85. The van der Waals surface area contributed by atoms with Crippen LogP contribution in [0.3, 0.4) is 0 Å². The average Bonchev–Trinajstić information content (AvgIpc) is 2.98. The molecule has 0 spiro atoms. The number of para-hydroxylation sites is 2. The van der Waals surface area contributed by atoms with Gasteiger partial charge in [0.15, 0.2) is 11.5 Å². The van der Waals surface area contributed by atoms with Crippen molar-refractivity contribution in [1.29, 1.82) is 0 Å². The molecule has 5 heteroatoms. The van der Waals surface area contributed by atoms with Gasteiger partial charge in [0, 0.05) is 5.56 Å². The van der Waals surface area contributed by atoms with E-state index in [1.54, 1.807) is 6.08 Å². The maximum absolute atomic E-state index is 6.37. The third-order valence-corrected chi connectivity index (χ3v) is 3.60. The minimum absolute atomic E-state index is 0.365. The van der Waals surface area contributed by atoms with Gasteiger partial charge in [-0.25, -0.2) is 4.98 Å². The smallest absolute Gasteiger partial charge is 0.180 e. The quantitative estimate of drug-likeness (QED) is 0.658. The number of hydrogen-bond acceptors (Lipinski definition) is 3. The van der Waals surface area contributed by atoms with E-state index in [-0.39, 0.29) is 0 Å². The first-order chi connectivity index (χ1) is 11.2. The highest BCUT2D eigenvalue weighted by molar-refractivity contribution is 6.32. The molecule has 3 aromatic rings. The number of aromatic nitrogens is 2. The van der Waals surface area contributed by atoms with E-state index in [4.69, 9.17) is 21.1 Å². The second-order valence-corrected chi connectivity index (χ2v) is 5.33. The third kappa shape index (κ3) is 3.17. The first-order valence-electron chi connectivity index (χ1n) is 7.38. The number of imidazole rings is 1. The van der Waals surface area contributed by atoms with Crippen LogP contribution in [0.15, 0.2) is 49.1 Å². The molecule has 1 heterocycles. The number of nitrogens with one attached hydrogen (secondary N) is 1. The van der Waals surface area contributed by atoms with Crippen LogP contribution >= 0.6 is 11.6 Å². The normalized spacial score (nSPS) is 10.7. The predicted molar refractivity (Wildman–Crippen MR) is 93.4 cm³/mol. The molecule has 0 atom stereocenters. The van der Waals surface area contributed by atoms with E-state index in [1.807, 2.05) is 43.3 Å². The van der Waals surface area contributed by atoms with E-state index in [1.165, 1.54) is 0 Å². The number of fused-ring (bicyclic) bond motifs is 1. The lowest BCUT2D eigenvalue weighted by atomic mass is 10.2. The zero-order chi connectivity index (χ0) is 16.2. The lowest BCUT2D eigenvalue weighted by Gasteiger charge is -2.13. The highest BCUT2D eigenvalue weighted by Crippen LogP contribution is 2.39. The summed E-state index contributed by atoms with van der Waals surface area (Å²) in [5, 5.41) is 0.480. The first kappa shape index (κ1) is 15.4. The second-order valence-electron chi connectivity index (χ2n) is 4.92. The lowest BCUT2D eigenvalue weighted by molar-refractivity contribution is 0.297. The van der Waals surface area contributed by atoms with Gasteiger partial charge in [0.05, 0.1) is 22.7 Å². The van der Waals surface area contributed by atoms with E-state index in [2.05, 4.69) is 16.5 Å². The summed E-state index contributed by atoms with van der Waals surface area (Å²) in [5.74, 6) is 1.86. The fourth-order valence-corrected chi connectivity index (χ4v) is 2.60. The second kappa shape index (κ2) is 6.75. The summed E-state index contributed by atoms with van der Waals surface area (Å²) in [7, 11) is 0. The molecule has 3 rings (SSSR count). The Morgan fingerprint density at radius 3 is 2.83 bits per heavy atom. The molecule has 0 amide bonds. The van der Waals surface area contributed by atoms with Gasteiger partial charge in [-0.1, -0.05) is 36.4 Å². The molecule has 0 bridgehead atoms. The number of nitrogens with zero attached hydrogens (tertiary/aromatic N) is 1. The summed E-state index contributed by atoms with van der Waals surface area (Å²) in [6.07, 6.45) is 1.67. The minimum Gasteiger partial charge on any atom is -0.490 e. The maximum Gasteiger partial charge on any atom is 0.180 e. The monoisotopic (exact) mass is 328 g/mol. The van der Waals surface area contributed by atoms with E-state index in [0.717, 1.165) is 22.4 Å². The standard InChI is InChI=1S/C18H17ClN2O2/c1-3-9-23-17-13(19)10-12(11-16(17)22-4-2)18-20-14-7-5-6-8-15(14)21-18/h3,5-8,10-11H,1,4,9H2,2H3,(H,20,21). The SMILES string of the molecule is C=CCOc1c(Cl)cc(-c2nc3ccccc3[nH]2)cc1OCC. The maximum atomic E-state index is 6.37. The fourth-order valence-electron chi connectivity index (χ4n) is 2.34. The Balaban J connectivity index is 2.06. The molecule has 2 aromatic carbocycles. The van der Waals surface area contributed by atoms with Crippen molar-refractivity contribution >= 4 is 22.6 Å². The van der Waals surface area contributed by atoms with Crippen molar-refractivity contribution in [2.75, 3.05) is 13.2 Å². The Bertz CT molecular complexity index is 809. The summed E-state index contributed by atoms with van der Waals surface area (Å²) in [5.41, 5.74) is 2.73. The van der Waals surface area contributed by atoms with Crippen LogP contribution in [0.4, 0.5) is 0 Å². The van der Waals surface area contributed by atoms with Crippen LogP contribution in [-0.4, -0.2) is 23.2 Å². The van der Waals surface area contributed by atoms with Gasteiger partial charge in [-0.3, -0.25) is 0 Å². The molecule has 23 heavy (non-hydrogen) atoms. The Morgan fingerprint density at radius 2 is 2.09 bits per heavy atom. The number of ether oxygens (including phenoxy) is 2. The summed E-state index contributed by atoms with van der Waals surface area (Å²) in [6, 6.07) is 11.6. The highest BCUT2D eigenvalue weighted by atomic mass is 35.5. The molecule has 0 aliphatic carbocycles. The molecular formula is C18H17ClN2O2. The summed E-state index contributed by atoms with van der Waals surface area (Å²) >= 11 is 6.37. The zero-order valence-corrected chi connectivity index (χ0v) is 13.6. The van der Waals surface area contributed by atoms with Crippen LogP contribution in [0.25, 0.3) is 22.4 Å². The number of halogens is 1. The molecule has 4 nitrogen and oxygen atoms in total. The number of H-pyrrole nitrogens is 1. The summed E-state index contributed by atoms with van der Waals surface area (Å²) < 4.78 is 11.3. The molecule has 0 fully saturated rings. The van der Waals surface area contributed by atoms with Crippen molar-refractivity contribution < 1.29 is 9.47 Å². The number of hydrogen-bond donors (Lipinski definition) is 1. The van der Waals surface area contributed by atoms with Gasteiger partial charge in [0.1, 0.15) is 12.4 Å². The van der Waals surface area contributed by atoms with Gasteiger partial charge in [0.2, 0.25) is 0 Å². The van der Waals surface area contributed by atoms with Crippen LogP contribution < -0.4 is 9.47 Å². The largest absolute Gasteiger partial charge is 0.490 e. The Morgan fingerprint density at radius 1 is 1.26 bits per heavy atom. The van der Waals surface area contributed by atoms with E-state index in [9.17, 15) is 0 Å². The van der Waals surface area contributed by atoms with Gasteiger partial charge in [-0.05, 0) is 31.2 Å². The molecule has 1 aromatic heterocycles. The summed E-state index contributed by atoms with van der Waals surface area (Å²) in [6.45, 7) is 6.45. The van der Waals surface area contributed by atoms with Gasteiger partial charge < -0.3 is 14.5 Å². The van der Waals surface area contributed by atoms with Gasteiger partial charge >= 0.3 is 0 Å². The van der Waals surface area contributed by atoms with E-state index >= 15 is 0 Å². The van der Waals surface area contributed by atoms with E-state index < -0.39 is 0 Å². The van der Waals surface area contributed by atoms with Crippen molar-refractivity contribution in [3.05, 3.63) is 54.1 Å². The van der Waals surface area contributed by atoms with Crippen molar-refractivity contribution in [3.63, 3.8) is 0 Å². The molecule has 0 unspecified atom stereocenters. The molecule has 118 valence electrons. The summed E-state index contributed by atoms with van der Waals surface area (Å²) in [4.78, 5) is 7.88. The van der Waals surface area contributed by atoms with Crippen molar-refractivity contribution in [1.82, 2.24) is 9.97 Å². The Hall–Kier alpha value is -2.46. The first-order valence-corrected chi connectivity index (χ1v) is 7.76. The molecule has 0 aliphatic heterocycles. The molecule has 0 saturated carbocycles. The van der Waals surface area contributed by atoms with Gasteiger partial charge in [-0.2, -0.15) is 0 Å². The van der Waals surface area contributed by atoms with E-state index in [0.29, 0.717) is 29.7 Å². The molecular weight excluding hydrogens is 312 g/mol. The van der Waals surface area contributed by atoms with Crippen LogP contribution in [0.5, 0.6) is 11.5 Å². The van der Waals surface area contributed by atoms with Crippen LogP contribution in [0.2, 0.25) is 5.02 Å². The van der Waals surface area contributed by atoms with Gasteiger partial charge in [-0.15, -0.1) is 0 Å². The molecule has 0 aliphatic rings. The third-order valence-electron chi connectivity index (χ3n) is 3.32. The number of benzene rings is 2. The van der Waals surface area contributed by atoms with Crippen LogP contribution in [0, 0.1) is 0 Å². The molecule has 0 radical (unpaired) electrons. The fraction of sp³-hybridized carbons (Fsp3) is 0.167. The topological polar surface area (TPSA) is 47.1 Å². The minimum atomic E-state index is 0.365. The molecule has 0 saturated heterocycles. The van der Waals surface area contributed by atoms with Crippen molar-refractivity contribution in [3.8, 4) is 22.9 Å².